The summed E-state index contributed by atoms with van der Waals surface area (Å²) in [5.41, 5.74) is -2.58. The molecule has 0 aliphatic rings. The molecular weight excluding hydrogens is 296 g/mol. The van der Waals surface area contributed by atoms with Crippen LogP contribution in [-0.2, 0) is 9.13 Å². The molecule has 1 aromatic heterocycles. The Balaban J connectivity index is 0. The normalized spacial score (nSPS) is 13.2. The zero-order valence-corrected chi connectivity index (χ0v) is 14.8. The van der Waals surface area contributed by atoms with Crippen molar-refractivity contribution in [2.45, 2.75) is 5.52 Å². The molecule has 86 valence electrons. The summed E-state index contributed by atoms with van der Waals surface area (Å²) in [6, 6.07) is -0.463. The first-order chi connectivity index (χ1) is 6.71. The molecule has 0 saturated heterocycles. The molecule has 0 spiro atoms. The fraction of sp³-hybridized carbons (Fsp3) is 0.250. The summed E-state index contributed by atoms with van der Waals surface area (Å²) >= 11 is 0. The molecule has 0 amide bonds. The van der Waals surface area contributed by atoms with Gasteiger partial charge in [-0.25, -0.2) is 4.98 Å². The molecule has 1 atom stereocenters. The first-order valence-corrected chi connectivity index (χ1v) is 6.73. The number of nitrogens with one attached hydrogen (secondary N) is 1. The summed E-state index contributed by atoms with van der Waals surface area (Å²) in [4.78, 5) is 41.7. The van der Waals surface area contributed by atoms with Crippen LogP contribution >= 0.6 is 15.2 Å². The van der Waals surface area contributed by atoms with E-state index in [2.05, 4.69) is 9.40 Å². The monoisotopic (exact) mass is 302 g/mol. The van der Waals surface area contributed by atoms with Crippen LogP contribution in [0, 0.1) is 0 Å². The van der Waals surface area contributed by atoms with E-state index < -0.39 is 26.7 Å². The Labute approximate surface area is 140 Å². The first kappa shape index (κ1) is 20.6. The Morgan fingerprint density at radius 1 is 1.35 bits per heavy atom. The van der Waals surface area contributed by atoms with E-state index in [-0.39, 0.29) is 59.1 Å². The zero-order valence-electron chi connectivity index (χ0n) is 9.01. The van der Waals surface area contributed by atoms with E-state index in [1.54, 1.807) is 5.32 Å². The molecule has 1 rings (SSSR count). The van der Waals surface area contributed by atoms with Gasteiger partial charge >= 0.3 is 66.7 Å². The molecule has 1 heterocycles. The summed E-state index contributed by atoms with van der Waals surface area (Å²) in [5.74, 6) is 0. The molecule has 1 aromatic rings. The first-order valence-electron chi connectivity index (χ1n) is 3.44. The molecule has 13 heteroatoms. The van der Waals surface area contributed by atoms with Gasteiger partial charge in [-0.2, -0.15) is 0 Å². The van der Waals surface area contributed by atoms with Crippen LogP contribution in [0.2, 0.25) is 0 Å². The smallest absolute Gasteiger partial charge is 0.809 e. The Bertz CT molecular complexity index is 392. The van der Waals surface area contributed by atoms with E-state index in [1.807, 2.05) is 0 Å². The summed E-state index contributed by atoms with van der Waals surface area (Å²) in [5, 5.41) is 1.71. The quantitative estimate of drug-likeness (QED) is 0.362. The Morgan fingerprint density at radius 3 is 2.18 bits per heavy atom. The van der Waals surface area contributed by atoms with Gasteiger partial charge in [-0.15, -0.1) is 0 Å². The third kappa shape index (κ3) is 6.87. The van der Waals surface area contributed by atoms with E-state index in [9.17, 15) is 18.9 Å². The van der Waals surface area contributed by atoms with Gasteiger partial charge < -0.3 is 33.9 Å². The van der Waals surface area contributed by atoms with Crippen LogP contribution in [0.3, 0.4) is 0 Å². The second-order valence-corrected chi connectivity index (χ2v) is 6.18. The van der Waals surface area contributed by atoms with Crippen molar-refractivity contribution in [2.75, 3.05) is 5.32 Å². The van der Waals surface area contributed by atoms with Crippen molar-refractivity contribution in [2.24, 2.45) is 0 Å². The van der Waals surface area contributed by atoms with Gasteiger partial charge in [-0.05, 0) is 7.60 Å². The maximum Gasteiger partial charge on any atom is 1.00 e. The van der Waals surface area contributed by atoms with Crippen LogP contribution in [0.25, 0.3) is 0 Å². The van der Waals surface area contributed by atoms with Gasteiger partial charge in [0.25, 0.3) is 6.01 Å². The molecule has 3 N–H and O–H groups in total. The van der Waals surface area contributed by atoms with Gasteiger partial charge in [0.15, 0.2) is 5.52 Å². The molecular formula is C4H6N2Na2O7P2. The van der Waals surface area contributed by atoms with Gasteiger partial charge in [0, 0.05) is 0 Å². The van der Waals surface area contributed by atoms with Crippen molar-refractivity contribution in [1.29, 1.82) is 0 Å². The van der Waals surface area contributed by atoms with Gasteiger partial charge in [0.05, 0.1) is 6.20 Å². The van der Waals surface area contributed by atoms with Crippen molar-refractivity contribution >= 4 is 21.2 Å². The zero-order chi connectivity index (χ0) is 11.7. The molecule has 0 aromatic carbocycles. The summed E-state index contributed by atoms with van der Waals surface area (Å²) in [6.07, 6.45) is 2.15. The van der Waals surface area contributed by atoms with E-state index in [0.717, 1.165) is 12.5 Å². The molecule has 0 aliphatic carbocycles. The van der Waals surface area contributed by atoms with Gasteiger partial charge in [-0.1, -0.05) is 0 Å². The van der Waals surface area contributed by atoms with Gasteiger partial charge in [0.2, 0.25) is 0 Å². The summed E-state index contributed by atoms with van der Waals surface area (Å²) in [6.45, 7) is 0. The van der Waals surface area contributed by atoms with Crippen molar-refractivity contribution in [3.05, 3.63) is 12.5 Å². The largest absolute Gasteiger partial charge is 1.00 e. The molecule has 9 nitrogen and oxygen atoms in total. The van der Waals surface area contributed by atoms with Gasteiger partial charge in [-0.3, -0.25) is 4.57 Å². The SMILES string of the molecule is O=P([O-])([O-])C(Nc1ncco1)P(=O)(O)O.[Na+].[Na+]. The number of anilines is 1. The van der Waals surface area contributed by atoms with E-state index >= 15 is 0 Å². The van der Waals surface area contributed by atoms with Crippen LogP contribution in [0.4, 0.5) is 6.01 Å². The molecule has 0 saturated carbocycles. The molecule has 17 heavy (non-hydrogen) atoms. The minimum atomic E-state index is -5.51. The van der Waals surface area contributed by atoms with Crippen LogP contribution in [0.5, 0.6) is 0 Å². The molecule has 1 unspecified atom stereocenters. The topological polar surface area (TPSA) is 159 Å². The molecule has 0 aliphatic heterocycles. The van der Waals surface area contributed by atoms with Crippen LogP contribution in [0.1, 0.15) is 0 Å². The number of hydrogen-bond acceptors (Lipinski definition) is 7. The van der Waals surface area contributed by atoms with Crippen LogP contribution in [-0.4, -0.2) is 20.3 Å². The standard InChI is InChI=1S/C4H8N2O7P2.2Na/c7-14(8,9)4(15(10,11)12)6-3-5-1-2-13-3;;/h1-2,4H,(H,5,6)(H2,7,8,9)(H2,10,11,12);;/q;2*+1/p-2. The number of nitrogens with zero attached hydrogens (tertiary/aromatic N) is 1. The van der Waals surface area contributed by atoms with Crippen LogP contribution in [0.15, 0.2) is 16.9 Å². The fourth-order valence-corrected chi connectivity index (χ4v) is 2.77. The van der Waals surface area contributed by atoms with Crippen molar-refractivity contribution in [3.63, 3.8) is 0 Å². The van der Waals surface area contributed by atoms with Crippen molar-refractivity contribution in [1.82, 2.24) is 4.98 Å². The maximum atomic E-state index is 10.7. The Kier molecular flexibility index (Phi) is 9.45. The predicted molar refractivity (Wildman–Crippen MR) is 43.6 cm³/mol. The Hall–Kier alpha value is 1.31. The summed E-state index contributed by atoms with van der Waals surface area (Å²) in [7, 11) is -10.7. The number of aromatic nitrogens is 1. The van der Waals surface area contributed by atoms with Gasteiger partial charge in [0.1, 0.15) is 6.26 Å². The average molecular weight is 302 g/mol. The number of oxazole rings is 1. The second kappa shape index (κ2) is 7.79. The third-order valence-corrected chi connectivity index (χ3v) is 4.55. The van der Waals surface area contributed by atoms with E-state index in [1.165, 1.54) is 0 Å². The predicted octanol–water partition coefficient (Wildman–Crippen LogP) is -7.53. The molecule has 0 fully saturated rings. The minimum absolute atomic E-state index is 0. The Morgan fingerprint density at radius 2 is 1.88 bits per heavy atom. The fourth-order valence-electron chi connectivity index (χ4n) is 0.753. The third-order valence-electron chi connectivity index (χ3n) is 1.30. The van der Waals surface area contributed by atoms with Crippen molar-refractivity contribution < 1.29 is 92.2 Å². The minimum Gasteiger partial charge on any atom is -0.809 e. The number of rotatable bonds is 4. The number of hydrogen-bond donors (Lipinski definition) is 3. The molecule has 0 radical (unpaired) electrons. The average Bonchev–Trinajstić information content (AvgIpc) is 2.46. The summed E-state index contributed by atoms with van der Waals surface area (Å²) < 4.78 is 25.7. The van der Waals surface area contributed by atoms with Crippen molar-refractivity contribution in [3.8, 4) is 0 Å². The second-order valence-electron chi connectivity index (χ2n) is 2.48. The van der Waals surface area contributed by atoms with Crippen LogP contribution < -0.4 is 74.2 Å². The van der Waals surface area contributed by atoms with E-state index in [4.69, 9.17) is 9.79 Å². The molecule has 0 bridgehead atoms. The van der Waals surface area contributed by atoms with E-state index in [0.29, 0.717) is 0 Å². The maximum absolute atomic E-state index is 10.7.